The number of sulfonamides is 1. The van der Waals surface area contributed by atoms with E-state index in [0.717, 1.165) is 16.9 Å². The van der Waals surface area contributed by atoms with Gasteiger partial charge < -0.3 is 9.84 Å². The Bertz CT molecular complexity index is 467. The largest absolute Gasteiger partial charge is 0.391 e. The fraction of sp³-hybridized carbons (Fsp3) is 0.600. The van der Waals surface area contributed by atoms with Gasteiger partial charge in [0.15, 0.2) is 0 Å². The lowest BCUT2D eigenvalue weighted by Crippen LogP contribution is -2.28. The lowest BCUT2D eigenvalue weighted by Gasteiger charge is -2.09. The first-order chi connectivity index (χ1) is 8.36. The van der Waals surface area contributed by atoms with Crippen LogP contribution in [-0.4, -0.2) is 39.9 Å². The van der Waals surface area contributed by atoms with Crippen molar-refractivity contribution in [2.24, 2.45) is 0 Å². The lowest BCUT2D eigenvalue weighted by atomic mass is 10.3. The van der Waals surface area contributed by atoms with Crippen molar-refractivity contribution in [2.75, 3.05) is 20.3 Å². The van der Waals surface area contributed by atoms with Crippen molar-refractivity contribution in [3.05, 3.63) is 16.0 Å². The molecule has 5 nitrogen and oxygen atoms in total. The lowest BCUT2D eigenvalue weighted by molar-refractivity contribution is 0.0603. The Morgan fingerprint density at radius 1 is 1.61 bits per heavy atom. The Balaban J connectivity index is 2.55. The second-order valence-electron chi connectivity index (χ2n) is 3.82. The molecule has 0 amide bonds. The van der Waals surface area contributed by atoms with Crippen molar-refractivity contribution in [1.82, 2.24) is 4.72 Å². The van der Waals surface area contributed by atoms with Crippen LogP contribution in [0.1, 0.15) is 12.0 Å². The van der Waals surface area contributed by atoms with E-state index in [1.54, 1.807) is 6.92 Å². The van der Waals surface area contributed by atoms with E-state index >= 15 is 0 Å². The second-order valence-corrected chi connectivity index (χ2v) is 7.47. The van der Waals surface area contributed by atoms with Gasteiger partial charge in [-0.15, -0.1) is 11.3 Å². The number of methoxy groups -OCH3 is 1. The summed E-state index contributed by atoms with van der Waals surface area (Å²) in [6.07, 6.45) is -0.378. The Morgan fingerprint density at radius 2 is 2.28 bits per heavy atom. The van der Waals surface area contributed by atoms with E-state index in [9.17, 15) is 13.5 Å². The molecule has 0 saturated heterocycles. The van der Waals surface area contributed by atoms with Gasteiger partial charge in [-0.3, -0.25) is 0 Å². The van der Waals surface area contributed by atoms with Crippen molar-refractivity contribution >= 4 is 33.0 Å². The van der Waals surface area contributed by atoms with Crippen LogP contribution in [0.2, 0.25) is 4.34 Å². The predicted molar refractivity (Wildman–Crippen MR) is 71.8 cm³/mol. The van der Waals surface area contributed by atoms with E-state index in [4.69, 9.17) is 16.3 Å². The van der Waals surface area contributed by atoms with Crippen molar-refractivity contribution in [3.8, 4) is 0 Å². The van der Waals surface area contributed by atoms with Crippen LogP contribution < -0.4 is 4.72 Å². The van der Waals surface area contributed by atoms with Crippen LogP contribution in [0.15, 0.2) is 10.3 Å². The molecule has 0 saturated carbocycles. The SMILES string of the molecule is COCC(O)CCNS(=O)(=O)c1cc(C)c(Cl)s1. The molecule has 1 aromatic heterocycles. The first-order valence-corrected chi connectivity index (χ1v) is 7.97. The van der Waals surface area contributed by atoms with Crippen LogP contribution in [0.5, 0.6) is 0 Å². The molecule has 0 bridgehead atoms. The minimum atomic E-state index is -3.54. The van der Waals surface area contributed by atoms with Gasteiger partial charge in [-0.25, -0.2) is 13.1 Å². The zero-order chi connectivity index (χ0) is 13.8. The number of hydrogen-bond acceptors (Lipinski definition) is 5. The number of hydrogen-bond donors (Lipinski definition) is 2. The molecule has 1 rings (SSSR count). The van der Waals surface area contributed by atoms with Crippen LogP contribution >= 0.6 is 22.9 Å². The van der Waals surface area contributed by atoms with E-state index in [0.29, 0.717) is 10.8 Å². The summed E-state index contributed by atoms with van der Waals surface area (Å²) in [7, 11) is -2.06. The number of aliphatic hydroxyl groups is 1. The van der Waals surface area contributed by atoms with E-state index in [-0.39, 0.29) is 17.4 Å². The Labute approximate surface area is 116 Å². The third-order valence-electron chi connectivity index (χ3n) is 2.23. The number of aryl methyl sites for hydroxylation is 1. The molecule has 1 heterocycles. The van der Waals surface area contributed by atoms with Crippen LogP contribution in [0, 0.1) is 6.92 Å². The quantitative estimate of drug-likeness (QED) is 0.797. The van der Waals surface area contributed by atoms with Crippen LogP contribution in [0.4, 0.5) is 0 Å². The summed E-state index contributed by atoms with van der Waals surface area (Å²) in [5, 5.41) is 9.39. The molecule has 0 fully saturated rings. The molecular formula is C10H16ClNO4S2. The van der Waals surface area contributed by atoms with E-state index in [2.05, 4.69) is 4.72 Å². The molecule has 1 unspecified atom stereocenters. The molecule has 0 aliphatic rings. The van der Waals surface area contributed by atoms with Crippen molar-refractivity contribution < 1.29 is 18.3 Å². The molecule has 1 atom stereocenters. The minimum absolute atomic E-state index is 0.154. The fourth-order valence-corrected chi connectivity index (χ4v) is 4.07. The summed E-state index contributed by atoms with van der Waals surface area (Å²) >= 11 is 6.85. The van der Waals surface area contributed by atoms with Gasteiger partial charge in [0.1, 0.15) is 4.21 Å². The highest BCUT2D eigenvalue weighted by Crippen LogP contribution is 2.29. The van der Waals surface area contributed by atoms with Crippen LogP contribution in [0.3, 0.4) is 0 Å². The molecule has 18 heavy (non-hydrogen) atoms. The highest BCUT2D eigenvalue weighted by atomic mass is 35.5. The highest BCUT2D eigenvalue weighted by Gasteiger charge is 2.18. The Hall–Kier alpha value is -0.180. The molecule has 1 aromatic rings. The third-order valence-corrected chi connectivity index (χ3v) is 5.72. The first kappa shape index (κ1) is 15.9. The van der Waals surface area contributed by atoms with Gasteiger partial charge in [0.05, 0.1) is 17.0 Å². The smallest absolute Gasteiger partial charge is 0.250 e. The van der Waals surface area contributed by atoms with Crippen LogP contribution in [0.25, 0.3) is 0 Å². The Morgan fingerprint density at radius 3 is 2.78 bits per heavy atom. The monoisotopic (exact) mass is 313 g/mol. The van der Waals surface area contributed by atoms with E-state index < -0.39 is 16.1 Å². The normalized spacial score (nSPS) is 13.8. The van der Waals surface area contributed by atoms with Gasteiger partial charge in [0.25, 0.3) is 0 Å². The minimum Gasteiger partial charge on any atom is -0.391 e. The van der Waals surface area contributed by atoms with Gasteiger partial charge in [0, 0.05) is 13.7 Å². The van der Waals surface area contributed by atoms with Crippen molar-refractivity contribution in [3.63, 3.8) is 0 Å². The molecule has 2 N–H and O–H groups in total. The zero-order valence-corrected chi connectivity index (χ0v) is 12.5. The van der Waals surface area contributed by atoms with Gasteiger partial charge in [-0.1, -0.05) is 11.6 Å². The second kappa shape index (κ2) is 6.83. The first-order valence-electron chi connectivity index (χ1n) is 5.29. The standard InChI is InChI=1S/C10H16ClNO4S2/c1-7-5-9(17-10(7)11)18(14,15)12-4-3-8(13)6-16-2/h5,8,12-13H,3-4,6H2,1-2H3. The maximum Gasteiger partial charge on any atom is 0.250 e. The van der Waals surface area contributed by atoms with Gasteiger partial charge >= 0.3 is 0 Å². The maximum absolute atomic E-state index is 11.9. The third kappa shape index (κ3) is 4.49. The zero-order valence-electron chi connectivity index (χ0n) is 10.1. The number of thiophene rings is 1. The van der Waals surface area contributed by atoms with Crippen molar-refractivity contribution in [2.45, 2.75) is 23.7 Å². The summed E-state index contributed by atoms with van der Waals surface area (Å²) < 4.78 is 31.5. The molecule has 104 valence electrons. The van der Waals surface area contributed by atoms with Gasteiger partial charge in [-0.2, -0.15) is 0 Å². The topological polar surface area (TPSA) is 75.6 Å². The molecule has 0 aliphatic carbocycles. The number of ether oxygens (including phenoxy) is 1. The molecule has 0 spiro atoms. The summed E-state index contributed by atoms with van der Waals surface area (Å²) in [5.74, 6) is 0. The fourth-order valence-electron chi connectivity index (χ4n) is 1.27. The average molecular weight is 314 g/mol. The van der Waals surface area contributed by atoms with Crippen molar-refractivity contribution in [1.29, 1.82) is 0 Å². The highest BCUT2D eigenvalue weighted by molar-refractivity contribution is 7.91. The van der Waals surface area contributed by atoms with E-state index in [1.165, 1.54) is 13.2 Å². The maximum atomic E-state index is 11.9. The summed E-state index contributed by atoms with van der Waals surface area (Å²) in [4.78, 5) is 0. The molecular weight excluding hydrogens is 298 g/mol. The Kier molecular flexibility index (Phi) is 6.03. The molecule has 0 aromatic carbocycles. The van der Waals surface area contributed by atoms with Gasteiger partial charge in [0.2, 0.25) is 10.0 Å². The predicted octanol–water partition coefficient (Wildman–Crippen LogP) is 1.39. The summed E-state index contributed by atoms with van der Waals surface area (Å²) in [6.45, 7) is 2.09. The number of aliphatic hydroxyl groups excluding tert-OH is 1. The summed E-state index contributed by atoms with van der Waals surface area (Å²) in [6, 6.07) is 1.53. The van der Waals surface area contributed by atoms with Gasteiger partial charge in [-0.05, 0) is 25.0 Å². The number of halogens is 1. The average Bonchev–Trinajstić information content (AvgIpc) is 2.60. The van der Waals surface area contributed by atoms with Crippen LogP contribution in [-0.2, 0) is 14.8 Å². The van der Waals surface area contributed by atoms with E-state index in [1.807, 2.05) is 0 Å². The number of nitrogens with one attached hydrogen (secondary N) is 1. The molecule has 0 radical (unpaired) electrons. The molecule has 8 heteroatoms. The number of rotatable bonds is 7. The molecule has 0 aliphatic heterocycles. The summed E-state index contributed by atoms with van der Waals surface area (Å²) in [5.41, 5.74) is 0.737.